The summed E-state index contributed by atoms with van der Waals surface area (Å²) in [5, 5.41) is 0. The molecule has 0 aliphatic carbocycles. The number of rotatable bonds is 4. The lowest BCUT2D eigenvalue weighted by atomic mass is 10.1. The van der Waals surface area contributed by atoms with Gasteiger partial charge in [0.2, 0.25) is 0 Å². The minimum atomic E-state index is -3.89. The normalized spacial score (nSPS) is 13.0. The summed E-state index contributed by atoms with van der Waals surface area (Å²) in [6.07, 6.45) is 0. The Kier molecular flexibility index (Phi) is 4.24. The quantitative estimate of drug-likeness (QED) is 0.912. The number of anilines is 1. The van der Waals surface area contributed by atoms with E-state index in [2.05, 4.69) is 4.72 Å². The average Bonchev–Trinajstić information content (AvgIpc) is 2.37. The van der Waals surface area contributed by atoms with Gasteiger partial charge in [0.1, 0.15) is 11.6 Å². The van der Waals surface area contributed by atoms with Gasteiger partial charge in [0.05, 0.1) is 10.6 Å². The molecule has 0 radical (unpaired) electrons. The number of hydrogen-bond acceptors (Lipinski definition) is 3. The number of hydrogen-bond donors (Lipinski definition) is 2. The lowest BCUT2D eigenvalue weighted by Crippen LogP contribution is -2.15. The van der Waals surface area contributed by atoms with E-state index in [1.54, 1.807) is 18.2 Å². The van der Waals surface area contributed by atoms with E-state index in [9.17, 15) is 17.2 Å². The number of halogens is 2. The highest BCUT2D eigenvalue weighted by Gasteiger charge is 2.18. The van der Waals surface area contributed by atoms with Gasteiger partial charge in [-0.05, 0) is 31.2 Å². The van der Waals surface area contributed by atoms with E-state index in [1.165, 1.54) is 19.1 Å². The van der Waals surface area contributed by atoms with Gasteiger partial charge in [-0.2, -0.15) is 0 Å². The fraction of sp³-hybridized carbons (Fsp3) is 0.143. The molecule has 7 heteroatoms. The molecular formula is C14H14F2N2O2S. The van der Waals surface area contributed by atoms with Gasteiger partial charge >= 0.3 is 0 Å². The first kappa shape index (κ1) is 15.4. The molecule has 0 heterocycles. The first-order valence-corrected chi connectivity index (χ1v) is 7.62. The van der Waals surface area contributed by atoms with Crippen LogP contribution in [-0.4, -0.2) is 8.42 Å². The van der Waals surface area contributed by atoms with Crippen LogP contribution in [0.15, 0.2) is 47.4 Å². The van der Waals surface area contributed by atoms with Gasteiger partial charge in [0, 0.05) is 11.6 Å². The zero-order chi connectivity index (χ0) is 15.6. The van der Waals surface area contributed by atoms with Crippen molar-refractivity contribution in [2.45, 2.75) is 17.9 Å². The van der Waals surface area contributed by atoms with Crippen molar-refractivity contribution in [2.75, 3.05) is 4.72 Å². The van der Waals surface area contributed by atoms with Gasteiger partial charge < -0.3 is 5.73 Å². The molecule has 0 bridgehead atoms. The van der Waals surface area contributed by atoms with E-state index in [0.717, 1.165) is 12.1 Å². The molecule has 1 atom stereocenters. The number of nitrogens with one attached hydrogen (secondary N) is 1. The van der Waals surface area contributed by atoms with E-state index in [4.69, 9.17) is 5.73 Å². The summed E-state index contributed by atoms with van der Waals surface area (Å²) >= 11 is 0. The molecular weight excluding hydrogens is 298 g/mol. The Balaban J connectivity index is 2.37. The summed E-state index contributed by atoms with van der Waals surface area (Å²) in [7, 11) is -3.89. The summed E-state index contributed by atoms with van der Waals surface area (Å²) in [5.74, 6) is -1.79. The molecule has 2 rings (SSSR count). The Bertz CT molecular complexity index is 724. The van der Waals surface area contributed by atoms with E-state index < -0.39 is 27.7 Å². The van der Waals surface area contributed by atoms with Crippen molar-refractivity contribution in [1.82, 2.24) is 0 Å². The van der Waals surface area contributed by atoms with Crippen LogP contribution in [-0.2, 0) is 10.0 Å². The van der Waals surface area contributed by atoms with Crippen molar-refractivity contribution in [2.24, 2.45) is 5.73 Å². The number of sulfonamides is 1. The topological polar surface area (TPSA) is 72.2 Å². The first-order valence-electron chi connectivity index (χ1n) is 6.13. The summed E-state index contributed by atoms with van der Waals surface area (Å²) in [4.78, 5) is 0.00193. The molecule has 0 saturated heterocycles. The summed E-state index contributed by atoms with van der Waals surface area (Å²) in [6, 6.07) is 8.51. The van der Waals surface area contributed by atoms with Crippen molar-refractivity contribution in [3.63, 3.8) is 0 Å². The lowest BCUT2D eigenvalue weighted by Gasteiger charge is -2.12. The van der Waals surface area contributed by atoms with Crippen LogP contribution in [0.1, 0.15) is 18.5 Å². The molecule has 21 heavy (non-hydrogen) atoms. The van der Waals surface area contributed by atoms with Crippen LogP contribution in [0.4, 0.5) is 14.5 Å². The molecule has 2 aromatic carbocycles. The maximum absolute atomic E-state index is 13.8. The van der Waals surface area contributed by atoms with E-state index in [1.807, 2.05) is 0 Å². The molecule has 2 aromatic rings. The van der Waals surface area contributed by atoms with Crippen molar-refractivity contribution in [1.29, 1.82) is 0 Å². The van der Waals surface area contributed by atoms with Crippen LogP contribution in [0.3, 0.4) is 0 Å². The lowest BCUT2D eigenvalue weighted by molar-refractivity contribution is 0.538. The number of nitrogens with two attached hydrogens (primary N) is 1. The second-order valence-electron chi connectivity index (χ2n) is 4.56. The Morgan fingerprint density at radius 3 is 2.10 bits per heavy atom. The van der Waals surface area contributed by atoms with Gasteiger partial charge in [-0.3, -0.25) is 4.72 Å². The Morgan fingerprint density at radius 2 is 1.62 bits per heavy atom. The smallest absolute Gasteiger partial charge is 0.261 e. The standard InChI is InChI=1S/C14H14F2N2O2S/c1-9(17)14-12(15)7-10(8-13(14)16)18-21(19,20)11-5-3-2-4-6-11/h2-9,18H,17H2,1H3. The highest BCUT2D eigenvalue weighted by atomic mass is 32.2. The molecule has 0 aromatic heterocycles. The minimum absolute atomic E-state index is 0.00193. The molecule has 0 spiro atoms. The third-order valence-electron chi connectivity index (χ3n) is 2.84. The fourth-order valence-electron chi connectivity index (χ4n) is 1.89. The van der Waals surface area contributed by atoms with Crippen LogP contribution in [0.5, 0.6) is 0 Å². The summed E-state index contributed by atoms with van der Waals surface area (Å²) < 4.78 is 53.8. The summed E-state index contributed by atoms with van der Waals surface area (Å²) in [5.41, 5.74) is 4.99. The minimum Gasteiger partial charge on any atom is -0.324 e. The monoisotopic (exact) mass is 312 g/mol. The van der Waals surface area contributed by atoms with Gasteiger partial charge in [-0.15, -0.1) is 0 Å². The van der Waals surface area contributed by atoms with Crippen LogP contribution in [0.25, 0.3) is 0 Å². The fourth-order valence-corrected chi connectivity index (χ4v) is 2.95. The molecule has 3 N–H and O–H groups in total. The van der Waals surface area contributed by atoms with Crippen LogP contribution in [0, 0.1) is 11.6 Å². The zero-order valence-corrected chi connectivity index (χ0v) is 12.0. The molecule has 0 aliphatic heterocycles. The molecule has 1 unspecified atom stereocenters. The molecule has 0 amide bonds. The third-order valence-corrected chi connectivity index (χ3v) is 4.24. The third kappa shape index (κ3) is 3.37. The predicted octanol–water partition coefficient (Wildman–Crippen LogP) is 2.79. The highest BCUT2D eigenvalue weighted by Crippen LogP contribution is 2.24. The molecule has 112 valence electrons. The van der Waals surface area contributed by atoms with Gasteiger partial charge in [-0.25, -0.2) is 17.2 Å². The van der Waals surface area contributed by atoms with Crippen LogP contribution < -0.4 is 10.5 Å². The van der Waals surface area contributed by atoms with Crippen molar-refractivity contribution in [3.8, 4) is 0 Å². The number of benzene rings is 2. The van der Waals surface area contributed by atoms with Crippen LogP contribution in [0.2, 0.25) is 0 Å². The Morgan fingerprint density at radius 1 is 1.10 bits per heavy atom. The van der Waals surface area contributed by atoms with Gasteiger partial charge in [0.25, 0.3) is 10.0 Å². The Labute approximate surface area is 121 Å². The first-order chi connectivity index (χ1) is 9.81. The highest BCUT2D eigenvalue weighted by molar-refractivity contribution is 7.92. The summed E-state index contributed by atoms with van der Waals surface area (Å²) in [6.45, 7) is 1.44. The average molecular weight is 312 g/mol. The predicted molar refractivity (Wildman–Crippen MR) is 76.2 cm³/mol. The van der Waals surface area contributed by atoms with Gasteiger partial charge in [-0.1, -0.05) is 18.2 Å². The Hall–Kier alpha value is -1.99. The second-order valence-corrected chi connectivity index (χ2v) is 6.24. The van der Waals surface area contributed by atoms with Gasteiger partial charge in [0.15, 0.2) is 0 Å². The largest absolute Gasteiger partial charge is 0.324 e. The molecule has 0 aliphatic rings. The van der Waals surface area contributed by atoms with E-state index in [0.29, 0.717) is 0 Å². The maximum atomic E-state index is 13.8. The molecule has 0 saturated carbocycles. The van der Waals surface area contributed by atoms with Crippen molar-refractivity contribution < 1.29 is 17.2 Å². The SMILES string of the molecule is CC(N)c1c(F)cc(NS(=O)(=O)c2ccccc2)cc1F. The van der Waals surface area contributed by atoms with E-state index in [-0.39, 0.29) is 16.1 Å². The maximum Gasteiger partial charge on any atom is 0.261 e. The second kappa shape index (κ2) is 5.79. The van der Waals surface area contributed by atoms with Crippen molar-refractivity contribution in [3.05, 3.63) is 59.7 Å². The van der Waals surface area contributed by atoms with Crippen molar-refractivity contribution >= 4 is 15.7 Å². The van der Waals surface area contributed by atoms with Crippen LogP contribution >= 0.6 is 0 Å². The molecule has 4 nitrogen and oxygen atoms in total. The zero-order valence-electron chi connectivity index (χ0n) is 11.2. The molecule has 0 fully saturated rings. The van der Waals surface area contributed by atoms with E-state index >= 15 is 0 Å².